The molecule has 1 atom stereocenters. The Labute approximate surface area is 62.6 Å². The smallest absolute Gasteiger partial charge is 0.265 e. The molecule has 0 rings (SSSR count). The molecule has 2 N–H and O–H groups in total. The lowest BCUT2D eigenvalue weighted by Gasteiger charge is -2.05. The number of rotatable bonds is 3. The Hall–Kier alpha value is -0.0300. The predicted molar refractivity (Wildman–Crippen MR) is 33.5 cm³/mol. The molecule has 0 aromatic rings. The van der Waals surface area contributed by atoms with E-state index in [1.54, 1.807) is 0 Å². The quantitative estimate of drug-likeness (QED) is 0.477. The molecule has 0 spiro atoms. The first-order chi connectivity index (χ1) is 4.22. The van der Waals surface area contributed by atoms with Crippen molar-refractivity contribution in [1.82, 2.24) is 9.84 Å². The fourth-order valence-corrected chi connectivity index (χ4v) is 0.484. The van der Waals surface area contributed by atoms with Crippen molar-refractivity contribution in [3.05, 3.63) is 0 Å². The highest BCUT2D eigenvalue weighted by Crippen LogP contribution is 1.87. The third-order valence-electron chi connectivity index (χ3n) is 0.684. The second kappa shape index (κ2) is 4.81. The maximum Gasteiger partial charge on any atom is 0.265 e. The van der Waals surface area contributed by atoms with Gasteiger partial charge in [0.1, 0.15) is 0 Å². The van der Waals surface area contributed by atoms with Crippen molar-refractivity contribution in [3.8, 4) is 0 Å². The summed E-state index contributed by atoms with van der Waals surface area (Å²) in [6.45, 7) is 1.49. The summed E-state index contributed by atoms with van der Waals surface area (Å²) in [5.74, 6) is -0.454. The number of carbonyl (C=O) groups is 1. The van der Waals surface area contributed by atoms with Crippen LogP contribution in [0, 0.1) is 0 Å². The van der Waals surface area contributed by atoms with E-state index in [0.717, 1.165) is 0 Å². The van der Waals surface area contributed by atoms with Gasteiger partial charge in [-0.15, -0.1) is 5.00 Å². The molecule has 0 aromatic carbocycles. The zero-order valence-electron chi connectivity index (χ0n) is 4.65. The summed E-state index contributed by atoms with van der Waals surface area (Å²) < 4.78 is 0. The fourth-order valence-electron chi connectivity index (χ4n) is 0.197. The molecule has 0 radical (unpaired) electrons. The van der Waals surface area contributed by atoms with Crippen molar-refractivity contribution >= 4 is 29.5 Å². The third-order valence-corrected chi connectivity index (χ3v) is 0.959. The minimum absolute atomic E-state index is 0.454. The van der Waals surface area contributed by atoms with Crippen molar-refractivity contribution < 1.29 is 9.63 Å². The van der Waals surface area contributed by atoms with Crippen LogP contribution in [0.1, 0.15) is 6.92 Å². The van der Waals surface area contributed by atoms with Crippen molar-refractivity contribution in [2.45, 2.75) is 13.0 Å². The topological polar surface area (TPSA) is 50.4 Å². The van der Waals surface area contributed by atoms with Gasteiger partial charge in [0, 0.05) is 23.6 Å². The molecule has 0 bridgehead atoms. The zero-order chi connectivity index (χ0) is 7.28. The van der Waals surface area contributed by atoms with Crippen molar-refractivity contribution in [2.24, 2.45) is 0 Å². The highest BCUT2D eigenvalue weighted by molar-refractivity contribution is 6.21. The molecule has 9 heavy (non-hydrogen) atoms. The Bertz CT molecular complexity index is 99.8. The summed E-state index contributed by atoms with van der Waals surface area (Å²) in [5.41, 5.74) is 0. The van der Waals surface area contributed by atoms with E-state index >= 15 is 0 Å². The maximum absolute atomic E-state index is 10.4. The number of nitrogens with one attached hydrogen (secondary N) is 2. The summed E-state index contributed by atoms with van der Waals surface area (Å²) in [5, 5.41) is 0. The molecule has 0 aromatic heterocycles. The van der Waals surface area contributed by atoms with E-state index in [1.165, 1.54) is 6.92 Å². The Balaban J connectivity index is 3.45. The fraction of sp³-hybridized carbons (Fsp3) is 0.667. The molecule has 4 nitrogen and oxygen atoms in total. The lowest BCUT2D eigenvalue weighted by atomic mass is 10.4. The zero-order valence-corrected chi connectivity index (χ0v) is 6.16. The molecule has 0 heterocycles. The van der Waals surface area contributed by atoms with Gasteiger partial charge in [0.15, 0.2) is 6.10 Å². The maximum atomic E-state index is 10.4. The second-order valence-corrected chi connectivity index (χ2v) is 1.64. The first-order valence-corrected chi connectivity index (χ1v) is 2.89. The van der Waals surface area contributed by atoms with Crippen LogP contribution in [-0.4, -0.2) is 12.0 Å². The van der Waals surface area contributed by atoms with Gasteiger partial charge in [0.25, 0.3) is 5.91 Å². The van der Waals surface area contributed by atoms with Crippen LogP contribution in [-0.2, 0) is 9.63 Å². The van der Waals surface area contributed by atoms with Crippen molar-refractivity contribution in [1.29, 1.82) is 0 Å². The highest BCUT2D eigenvalue weighted by Gasteiger charge is 2.10. The molecule has 1 amide bonds. The average Bonchev–Trinajstić information content (AvgIpc) is 1.87. The lowest BCUT2D eigenvalue weighted by molar-refractivity contribution is -0.131. The van der Waals surface area contributed by atoms with Crippen LogP contribution < -0.4 is 9.84 Å². The van der Waals surface area contributed by atoms with Crippen LogP contribution in [0.5, 0.6) is 0 Å². The van der Waals surface area contributed by atoms with Gasteiger partial charge in [-0.05, 0) is 6.92 Å². The predicted octanol–water partition coefficient (Wildman–Crippen LogP) is 0.320. The van der Waals surface area contributed by atoms with Crippen molar-refractivity contribution in [2.75, 3.05) is 0 Å². The summed E-state index contributed by atoms with van der Waals surface area (Å²) in [6.07, 6.45) is -0.694. The number of halogens is 2. The van der Waals surface area contributed by atoms with E-state index in [2.05, 4.69) is 4.84 Å². The number of amides is 1. The Morgan fingerprint density at radius 1 is 1.67 bits per heavy atom. The van der Waals surface area contributed by atoms with Gasteiger partial charge in [-0.2, -0.15) is 0 Å². The van der Waals surface area contributed by atoms with E-state index in [1.807, 2.05) is 9.84 Å². The van der Waals surface area contributed by atoms with E-state index < -0.39 is 12.0 Å². The second-order valence-electron chi connectivity index (χ2n) is 1.30. The number of carbonyl (C=O) groups excluding carboxylic acids is 1. The SMILES string of the molecule is CC(ONCl)C(=O)NCl. The first kappa shape index (κ1) is 8.97. The number of hydrogen-bond acceptors (Lipinski definition) is 3. The normalized spacial score (nSPS) is 12.8. The average molecular weight is 173 g/mol. The summed E-state index contributed by atoms with van der Waals surface area (Å²) in [4.78, 5) is 18.5. The van der Waals surface area contributed by atoms with Gasteiger partial charge in [0.2, 0.25) is 0 Å². The summed E-state index contributed by atoms with van der Waals surface area (Å²) >= 11 is 9.83. The van der Waals surface area contributed by atoms with Crippen LogP contribution in [0.2, 0.25) is 0 Å². The van der Waals surface area contributed by atoms with Gasteiger partial charge < -0.3 is 0 Å². The van der Waals surface area contributed by atoms with Gasteiger partial charge in [-0.1, -0.05) is 0 Å². The first-order valence-electron chi connectivity index (χ1n) is 2.14. The van der Waals surface area contributed by atoms with E-state index in [-0.39, 0.29) is 0 Å². The van der Waals surface area contributed by atoms with Crippen molar-refractivity contribution in [3.63, 3.8) is 0 Å². The largest absolute Gasteiger partial charge is 0.273 e. The highest BCUT2D eigenvalue weighted by atomic mass is 35.5. The molecular formula is C3H6Cl2N2O2. The summed E-state index contributed by atoms with van der Waals surface area (Å²) in [6, 6.07) is 0. The third kappa shape index (κ3) is 3.53. The molecule has 54 valence electrons. The Kier molecular flexibility index (Phi) is 4.80. The number of hydrogen-bond donors (Lipinski definition) is 2. The summed E-state index contributed by atoms with van der Waals surface area (Å²) in [7, 11) is 0. The van der Waals surface area contributed by atoms with Gasteiger partial charge in [-0.3, -0.25) is 14.5 Å². The van der Waals surface area contributed by atoms with Crippen LogP contribution in [0.25, 0.3) is 0 Å². The Morgan fingerprint density at radius 2 is 2.22 bits per heavy atom. The van der Waals surface area contributed by atoms with Crippen LogP contribution in [0.15, 0.2) is 0 Å². The molecular weight excluding hydrogens is 167 g/mol. The Morgan fingerprint density at radius 3 is 2.56 bits per heavy atom. The van der Waals surface area contributed by atoms with E-state index in [0.29, 0.717) is 0 Å². The van der Waals surface area contributed by atoms with E-state index in [4.69, 9.17) is 23.6 Å². The molecule has 0 aliphatic carbocycles. The monoisotopic (exact) mass is 172 g/mol. The molecule has 0 aliphatic rings. The molecule has 0 saturated carbocycles. The molecule has 6 heteroatoms. The van der Waals surface area contributed by atoms with Gasteiger partial charge >= 0.3 is 0 Å². The van der Waals surface area contributed by atoms with Crippen LogP contribution in [0.4, 0.5) is 0 Å². The molecule has 1 unspecified atom stereocenters. The van der Waals surface area contributed by atoms with Gasteiger partial charge in [0.05, 0.1) is 0 Å². The van der Waals surface area contributed by atoms with Crippen LogP contribution in [0.3, 0.4) is 0 Å². The molecule has 0 fully saturated rings. The minimum atomic E-state index is -0.694. The van der Waals surface area contributed by atoms with E-state index in [9.17, 15) is 4.79 Å². The van der Waals surface area contributed by atoms with Gasteiger partial charge in [-0.25, -0.2) is 0 Å². The lowest BCUT2D eigenvalue weighted by Crippen LogP contribution is -2.30. The molecule has 0 aliphatic heterocycles. The standard InChI is InChI=1S/C3H6Cl2N2O2/c1-2(9-7-5)3(8)6-4/h2,7H,1H3,(H,6,8). The minimum Gasteiger partial charge on any atom is -0.273 e. The molecule has 0 saturated heterocycles. The van der Waals surface area contributed by atoms with Crippen LogP contribution >= 0.6 is 23.6 Å².